The highest BCUT2D eigenvalue weighted by atomic mass is 16.6. The minimum Gasteiger partial charge on any atom is -0.495 e. The van der Waals surface area contributed by atoms with Crippen molar-refractivity contribution in [1.82, 2.24) is 24.8 Å². The minimum absolute atomic E-state index is 0.0855. The van der Waals surface area contributed by atoms with Gasteiger partial charge in [0, 0.05) is 49.8 Å². The number of rotatable bonds is 8. The Hall–Kier alpha value is -7.03. The van der Waals surface area contributed by atoms with Gasteiger partial charge in [0.2, 0.25) is 5.88 Å². The summed E-state index contributed by atoms with van der Waals surface area (Å²) in [6.07, 6.45) is 5.70. The molecule has 2 N–H and O–H groups in total. The molecule has 5 heterocycles. The van der Waals surface area contributed by atoms with Gasteiger partial charge in [-0.05, 0) is 110 Å². The van der Waals surface area contributed by atoms with Crippen molar-refractivity contribution in [2.45, 2.75) is 52.3 Å². The van der Waals surface area contributed by atoms with E-state index in [1.165, 1.54) is 31.3 Å². The molecule has 0 unspecified atom stereocenters. The molecule has 0 saturated carbocycles. The molecule has 306 valence electrons. The second kappa shape index (κ2) is 18.5. The number of hydrogen-bond donors (Lipinski definition) is 2. The fourth-order valence-electron chi connectivity index (χ4n) is 6.40. The van der Waals surface area contributed by atoms with Gasteiger partial charge in [0.15, 0.2) is 0 Å². The van der Waals surface area contributed by atoms with Crippen LogP contribution in [0.4, 0.5) is 16.2 Å². The fraction of sp³-hybridized carbons (Fsp3) is 0.295. The number of methoxy groups -OCH3 is 3. The maximum Gasteiger partial charge on any atom is 0.410 e. The molecular formula is C44H47N7O8. The van der Waals surface area contributed by atoms with Gasteiger partial charge in [0.05, 0.1) is 39.3 Å². The molecule has 4 amide bonds. The van der Waals surface area contributed by atoms with E-state index in [2.05, 4.69) is 25.6 Å². The quantitative estimate of drug-likeness (QED) is 0.174. The molecule has 2 aliphatic heterocycles. The largest absolute Gasteiger partial charge is 0.495 e. The van der Waals surface area contributed by atoms with Crippen LogP contribution in [0.15, 0.2) is 91.4 Å². The van der Waals surface area contributed by atoms with Crippen molar-refractivity contribution in [1.29, 1.82) is 0 Å². The molecule has 15 nitrogen and oxygen atoms in total. The zero-order chi connectivity index (χ0) is 42.1. The number of anilines is 2. The SMILES string of the molecule is COc1ccc(C(=O)Nc2ccc3c(c2)CN(C(=O)OC(C)(C)C)CC3)nc1.COc1ccc(C(=O)Nc2ccc3c(c2)CN(C(=O)c2ccc(OC)nc2)CC3)nc1. The maximum atomic E-state index is 12.9. The van der Waals surface area contributed by atoms with E-state index in [0.29, 0.717) is 71.9 Å². The average Bonchev–Trinajstić information content (AvgIpc) is 3.25. The summed E-state index contributed by atoms with van der Waals surface area (Å²) in [5.41, 5.74) is 6.22. The van der Waals surface area contributed by atoms with Crippen LogP contribution in [0.5, 0.6) is 17.4 Å². The Morgan fingerprint density at radius 2 is 1.12 bits per heavy atom. The van der Waals surface area contributed by atoms with Crippen molar-refractivity contribution in [3.63, 3.8) is 0 Å². The van der Waals surface area contributed by atoms with Gasteiger partial charge >= 0.3 is 6.09 Å². The molecule has 0 saturated heterocycles. The lowest BCUT2D eigenvalue weighted by Crippen LogP contribution is -2.39. The van der Waals surface area contributed by atoms with Gasteiger partial charge in [-0.3, -0.25) is 14.4 Å². The van der Waals surface area contributed by atoms with Crippen molar-refractivity contribution in [3.05, 3.63) is 131 Å². The molecule has 5 aromatic rings. The Morgan fingerprint density at radius 1 is 0.593 bits per heavy atom. The Kier molecular flexibility index (Phi) is 13.0. The number of carbonyl (C=O) groups is 4. The predicted octanol–water partition coefficient (Wildman–Crippen LogP) is 6.58. The Balaban J connectivity index is 0.000000199. The third kappa shape index (κ3) is 10.9. The molecule has 3 aromatic heterocycles. The molecule has 7 rings (SSSR count). The monoisotopic (exact) mass is 801 g/mol. The summed E-state index contributed by atoms with van der Waals surface area (Å²) in [7, 11) is 4.62. The number of aromatic nitrogens is 3. The summed E-state index contributed by atoms with van der Waals surface area (Å²) >= 11 is 0. The van der Waals surface area contributed by atoms with E-state index in [9.17, 15) is 19.2 Å². The van der Waals surface area contributed by atoms with E-state index in [4.69, 9.17) is 18.9 Å². The first kappa shape index (κ1) is 41.6. The van der Waals surface area contributed by atoms with Gasteiger partial charge in [-0.15, -0.1) is 0 Å². The molecule has 0 fully saturated rings. The van der Waals surface area contributed by atoms with Crippen LogP contribution >= 0.6 is 0 Å². The second-order valence-corrected chi connectivity index (χ2v) is 14.8. The van der Waals surface area contributed by atoms with E-state index in [0.717, 1.165) is 29.5 Å². The van der Waals surface area contributed by atoms with Crippen LogP contribution in [0.25, 0.3) is 0 Å². The number of hydrogen-bond acceptors (Lipinski definition) is 11. The Labute approximate surface area is 342 Å². The van der Waals surface area contributed by atoms with Crippen LogP contribution in [0, 0.1) is 0 Å². The second-order valence-electron chi connectivity index (χ2n) is 14.8. The normalized spacial score (nSPS) is 13.1. The summed E-state index contributed by atoms with van der Waals surface area (Å²) in [6.45, 7) is 7.71. The standard InChI is InChI=1S/C23H22N4O4.C21H25N3O4/c1-30-19-6-7-20(24-13-19)22(28)26-18-5-3-15-9-10-27(14-17(15)11-18)23(29)16-4-8-21(31-2)25-12-16;1-21(2,3)28-20(26)24-10-9-14-5-6-16(11-15(14)13-24)23-19(25)18-8-7-17(27-4)12-22-18/h3-8,11-13H,9-10,14H2,1-2H3,(H,26,28);5-8,11-12H,9-10,13H2,1-4H3,(H,23,25). The highest BCUT2D eigenvalue weighted by Gasteiger charge is 2.26. The van der Waals surface area contributed by atoms with Gasteiger partial charge < -0.3 is 39.4 Å². The van der Waals surface area contributed by atoms with Crippen LogP contribution in [-0.2, 0) is 30.7 Å². The van der Waals surface area contributed by atoms with Gasteiger partial charge in [-0.2, -0.15) is 0 Å². The van der Waals surface area contributed by atoms with Crippen LogP contribution in [-0.4, -0.2) is 88.6 Å². The first-order valence-electron chi connectivity index (χ1n) is 19.0. The molecule has 2 aromatic carbocycles. The number of fused-ring (bicyclic) bond motifs is 2. The summed E-state index contributed by atoms with van der Waals surface area (Å²) in [6, 6.07) is 21.5. The summed E-state index contributed by atoms with van der Waals surface area (Å²) < 4.78 is 20.6. The number of pyridine rings is 3. The first-order valence-corrected chi connectivity index (χ1v) is 19.0. The summed E-state index contributed by atoms with van der Waals surface area (Å²) in [4.78, 5) is 65.9. The number of amides is 4. The van der Waals surface area contributed by atoms with Gasteiger partial charge in [-0.25, -0.2) is 19.7 Å². The molecule has 15 heteroatoms. The highest BCUT2D eigenvalue weighted by molar-refractivity contribution is 6.03. The van der Waals surface area contributed by atoms with Crippen molar-refractivity contribution in [2.75, 3.05) is 45.1 Å². The topological polar surface area (TPSA) is 174 Å². The number of nitrogens with one attached hydrogen (secondary N) is 2. The maximum absolute atomic E-state index is 12.9. The Morgan fingerprint density at radius 3 is 1.56 bits per heavy atom. The molecule has 0 spiro atoms. The smallest absolute Gasteiger partial charge is 0.410 e. The van der Waals surface area contributed by atoms with Crippen LogP contribution in [0.1, 0.15) is 74.4 Å². The van der Waals surface area contributed by atoms with Crippen molar-refractivity contribution >= 4 is 35.2 Å². The third-order valence-electron chi connectivity index (χ3n) is 9.49. The molecule has 0 radical (unpaired) electrons. The first-order chi connectivity index (χ1) is 28.3. The van der Waals surface area contributed by atoms with Crippen molar-refractivity contribution < 1.29 is 38.1 Å². The van der Waals surface area contributed by atoms with Crippen LogP contribution in [0.3, 0.4) is 0 Å². The van der Waals surface area contributed by atoms with Gasteiger partial charge in [0.25, 0.3) is 17.7 Å². The van der Waals surface area contributed by atoms with E-state index >= 15 is 0 Å². The Bertz CT molecular complexity index is 2290. The number of ether oxygens (including phenoxy) is 4. The van der Waals surface area contributed by atoms with Gasteiger partial charge in [0.1, 0.15) is 28.5 Å². The lowest BCUT2D eigenvalue weighted by atomic mass is 9.98. The van der Waals surface area contributed by atoms with E-state index < -0.39 is 5.60 Å². The highest BCUT2D eigenvalue weighted by Crippen LogP contribution is 2.26. The number of benzene rings is 2. The van der Waals surface area contributed by atoms with E-state index in [-0.39, 0.29) is 23.8 Å². The fourth-order valence-corrected chi connectivity index (χ4v) is 6.40. The molecule has 0 aliphatic carbocycles. The predicted molar refractivity (Wildman–Crippen MR) is 220 cm³/mol. The van der Waals surface area contributed by atoms with E-state index in [1.807, 2.05) is 57.2 Å². The lowest BCUT2D eigenvalue weighted by Gasteiger charge is -2.31. The number of nitrogens with zero attached hydrogens (tertiary/aromatic N) is 5. The molecule has 2 aliphatic rings. The molecule has 59 heavy (non-hydrogen) atoms. The van der Waals surface area contributed by atoms with Crippen molar-refractivity contribution in [2.24, 2.45) is 0 Å². The van der Waals surface area contributed by atoms with Gasteiger partial charge in [-0.1, -0.05) is 12.1 Å². The van der Waals surface area contributed by atoms with Crippen LogP contribution in [0.2, 0.25) is 0 Å². The molecular weight excluding hydrogens is 755 g/mol. The summed E-state index contributed by atoms with van der Waals surface area (Å²) in [5, 5.41) is 5.72. The third-order valence-corrected chi connectivity index (χ3v) is 9.49. The van der Waals surface area contributed by atoms with Crippen molar-refractivity contribution in [3.8, 4) is 17.4 Å². The lowest BCUT2D eigenvalue weighted by molar-refractivity contribution is 0.0223. The minimum atomic E-state index is -0.529. The molecule has 0 atom stereocenters. The van der Waals surface area contributed by atoms with E-state index in [1.54, 1.807) is 60.4 Å². The summed E-state index contributed by atoms with van der Waals surface area (Å²) in [5.74, 6) is 0.942. The zero-order valence-corrected chi connectivity index (χ0v) is 33.9. The average molecular weight is 802 g/mol. The van der Waals surface area contributed by atoms with Crippen LogP contribution < -0.4 is 24.8 Å². The number of carbonyl (C=O) groups excluding carboxylic acids is 4. The molecule has 0 bridgehead atoms. The zero-order valence-electron chi connectivity index (χ0n) is 33.9.